The number of hydrogen-bond donors (Lipinski definition) is 0. The van der Waals surface area contributed by atoms with Crippen molar-refractivity contribution < 1.29 is 23.9 Å². The van der Waals surface area contributed by atoms with Gasteiger partial charge in [-0.2, -0.15) is 0 Å². The molecule has 0 heterocycles. The number of esters is 2. The molecule has 0 unspecified atom stereocenters. The minimum Gasteiger partial charge on any atom is -0.465 e. The molecule has 0 rings (SSSR count). The topological polar surface area (TPSA) is 69.7 Å². The van der Waals surface area contributed by atoms with Crippen LogP contribution in [0.15, 0.2) is 0 Å². The van der Waals surface area contributed by atoms with Crippen molar-refractivity contribution >= 4 is 17.7 Å². The predicted molar refractivity (Wildman–Crippen MR) is 56.7 cm³/mol. The molecule has 0 fully saturated rings. The minimum atomic E-state index is -1.80. The average molecular weight is 230 g/mol. The van der Waals surface area contributed by atoms with E-state index < -0.39 is 23.1 Å². The zero-order valence-corrected chi connectivity index (χ0v) is 10.2. The molecule has 0 saturated heterocycles. The highest BCUT2D eigenvalue weighted by Gasteiger charge is 2.51. The number of ketones is 1. The van der Waals surface area contributed by atoms with Gasteiger partial charge in [0.1, 0.15) is 0 Å². The first-order valence-electron chi connectivity index (χ1n) is 5.32. The molecular weight excluding hydrogens is 212 g/mol. The molecule has 0 N–H and O–H groups in total. The van der Waals surface area contributed by atoms with Gasteiger partial charge < -0.3 is 9.47 Å². The number of hydrogen-bond acceptors (Lipinski definition) is 5. The summed E-state index contributed by atoms with van der Waals surface area (Å²) < 4.78 is 9.53. The zero-order chi connectivity index (χ0) is 12.8. The number of rotatable bonds is 6. The van der Waals surface area contributed by atoms with E-state index in [1.807, 2.05) is 0 Å². The van der Waals surface area contributed by atoms with E-state index in [0.717, 1.165) is 0 Å². The Morgan fingerprint density at radius 3 is 1.50 bits per heavy atom. The van der Waals surface area contributed by atoms with Gasteiger partial charge in [0.05, 0.1) is 13.2 Å². The monoisotopic (exact) mass is 230 g/mol. The largest absolute Gasteiger partial charge is 0.465 e. The maximum atomic E-state index is 11.7. The Morgan fingerprint density at radius 1 is 0.938 bits per heavy atom. The van der Waals surface area contributed by atoms with Crippen molar-refractivity contribution in [3.63, 3.8) is 0 Å². The summed E-state index contributed by atoms with van der Waals surface area (Å²) >= 11 is 0. The van der Waals surface area contributed by atoms with Gasteiger partial charge in [-0.1, -0.05) is 6.92 Å². The van der Waals surface area contributed by atoms with Gasteiger partial charge in [-0.3, -0.25) is 14.4 Å². The van der Waals surface area contributed by atoms with Crippen LogP contribution in [0.3, 0.4) is 0 Å². The van der Waals surface area contributed by atoms with Gasteiger partial charge in [-0.05, 0) is 27.2 Å². The zero-order valence-electron chi connectivity index (χ0n) is 10.2. The van der Waals surface area contributed by atoms with E-state index in [0.29, 0.717) is 0 Å². The van der Waals surface area contributed by atoms with Crippen LogP contribution in [0.25, 0.3) is 0 Å². The van der Waals surface area contributed by atoms with E-state index in [9.17, 15) is 14.4 Å². The Kier molecular flexibility index (Phi) is 5.71. The normalized spacial score (nSPS) is 10.8. The first-order valence-corrected chi connectivity index (χ1v) is 5.32. The van der Waals surface area contributed by atoms with Gasteiger partial charge in [-0.15, -0.1) is 0 Å². The fraction of sp³-hybridized carbons (Fsp3) is 0.727. The summed E-state index contributed by atoms with van der Waals surface area (Å²) in [4.78, 5) is 34.9. The molecule has 0 aromatic carbocycles. The van der Waals surface area contributed by atoms with E-state index >= 15 is 0 Å². The minimum absolute atomic E-state index is 0.0417. The summed E-state index contributed by atoms with van der Waals surface area (Å²) in [6.45, 7) is 6.24. The third-order valence-corrected chi connectivity index (χ3v) is 2.38. The molecular formula is C11H18O5. The van der Waals surface area contributed by atoms with Gasteiger partial charge in [0.15, 0.2) is 5.78 Å². The fourth-order valence-corrected chi connectivity index (χ4v) is 1.42. The summed E-state index contributed by atoms with van der Waals surface area (Å²) in [7, 11) is 0. The molecule has 92 valence electrons. The molecule has 0 radical (unpaired) electrons. The van der Waals surface area contributed by atoms with Crippen LogP contribution in [0.5, 0.6) is 0 Å². The Balaban J connectivity index is 5.23. The van der Waals surface area contributed by atoms with Gasteiger partial charge >= 0.3 is 11.9 Å². The molecule has 0 aliphatic rings. The van der Waals surface area contributed by atoms with Crippen molar-refractivity contribution in [2.24, 2.45) is 5.41 Å². The average Bonchev–Trinajstić information content (AvgIpc) is 2.19. The summed E-state index contributed by atoms with van der Waals surface area (Å²) in [6.07, 6.45) is 0.0417. The third kappa shape index (κ3) is 2.59. The molecule has 0 amide bonds. The molecule has 5 heteroatoms. The third-order valence-electron chi connectivity index (χ3n) is 2.38. The molecule has 0 bridgehead atoms. The van der Waals surface area contributed by atoms with E-state index in [2.05, 4.69) is 0 Å². The maximum absolute atomic E-state index is 11.7. The molecule has 0 aliphatic heterocycles. The SMILES string of the molecule is CCOC(=O)C(CC)(C(C)=O)C(=O)OCC. The number of Topliss-reactive ketones (excluding diaryl/α,β-unsaturated/α-hetero) is 1. The van der Waals surface area contributed by atoms with Crippen molar-refractivity contribution in [3.05, 3.63) is 0 Å². The predicted octanol–water partition coefficient (Wildman–Crippen LogP) is 1.10. The molecule has 0 aromatic rings. The molecule has 0 spiro atoms. The van der Waals surface area contributed by atoms with E-state index in [1.165, 1.54) is 6.92 Å². The van der Waals surface area contributed by atoms with Crippen LogP contribution in [0.4, 0.5) is 0 Å². The van der Waals surface area contributed by atoms with Crippen molar-refractivity contribution in [2.45, 2.75) is 34.1 Å². The van der Waals surface area contributed by atoms with Crippen molar-refractivity contribution in [3.8, 4) is 0 Å². The number of carbonyl (C=O) groups is 3. The van der Waals surface area contributed by atoms with E-state index in [4.69, 9.17) is 9.47 Å². The van der Waals surface area contributed by atoms with Crippen LogP contribution in [0.1, 0.15) is 34.1 Å². The Hall–Kier alpha value is -1.39. The number of ether oxygens (including phenoxy) is 2. The molecule has 0 aliphatic carbocycles. The summed E-state index contributed by atoms with van der Waals surface area (Å²) in [5, 5.41) is 0. The van der Waals surface area contributed by atoms with Gasteiger partial charge in [0.2, 0.25) is 5.41 Å². The second-order valence-electron chi connectivity index (χ2n) is 3.26. The van der Waals surface area contributed by atoms with Crippen LogP contribution in [-0.4, -0.2) is 30.9 Å². The highest BCUT2D eigenvalue weighted by Crippen LogP contribution is 2.27. The summed E-state index contributed by atoms with van der Waals surface area (Å²) in [5.74, 6) is -2.21. The van der Waals surface area contributed by atoms with Gasteiger partial charge in [0.25, 0.3) is 0 Å². The lowest BCUT2D eigenvalue weighted by molar-refractivity contribution is -0.174. The molecule has 16 heavy (non-hydrogen) atoms. The van der Waals surface area contributed by atoms with Crippen LogP contribution in [0, 0.1) is 5.41 Å². The van der Waals surface area contributed by atoms with Crippen molar-refractivity contribution in [1.29, 1.82) is 0 Å². The lowest BCUT2D eigenvalue weighted by atomic mass is 9.81. The van der Waals surface area contributed by atoms with E-state index in [1.54, 1.807) is 20.8 Å². The first-order chi connectivity index (χ1) is 7.47. The molecule has 0 saturated carbocycles. The smallest absolute Gasteiger partial charge is 0.331 e. The maximum Gasteiger partial charge on any atom is 0.331 e. The van der Waals surface area contributed by atoms with Crippen molar-refractivity contribution in [1.82, 2.24) is 0 Å². The van der Waals surface area contributed by atoms with Gasteiger partial charge in [-0.25, -0.2) is 0 Å². The van der Waals surface area contributed by atoms with Crippen LogP contribution in [0.2, 0.25) is 0 Å². The second kappa shape index (κ2) is 6.25. The molecule has 0 aromatic heterocycles. The molecule has 0 atom stereocenters. The quantitative estimate of drug-likeness (QED) is 0.504. The number of carbonyl (C=O) groups excluding carboxylic acids is 3. The Labute approximate surface area is 95.1 Å². The summed E-state index contributed by atoms with van der Waals surface area (Å²) in [5.41, 5.74) is -1.80. The van der Waals surface area contributed by atoms with Crippen LogP contribution >= 0.6 is 0 Å². The Morgan fingerprint density at radius 2 is 1.31 bits per heavy atom. The highest BCUT2D eigenvalue weighted by atomic mass is 16.6. The first kappa shape index (κ1) is 14.6. The Bertz CT molecular complexity index is 264. The van der Waals surface area contributed by atoms with Crippen LogP contribution < -0.4 is 0 Å². The van der Waals surface area contributed by atoms with E-state index in [-0.39, 0.29) is 19.6 Å². The lowest BCUT2D eigenvalue weighted by Crippen LogP contribution is -2.47. The highest BCUT2D eigenvalue weighted by molar-refractivity contribution is 6.19. The summed E-state index contributed by atoms with van der Waals surface area (Å²) in [6, 6.07) is 0. The second-order valence-corrected chi connectivity index (χ2v) is 3.26. The van der Waals surface area contributed by atoms with Crippen LogP contribution in [-0.2, 0) is 23.9 Å². The standard InChI is InChI=1S/C11H18O5/c1-5-11(8(4)12,9(13)15-6-2)10(14)16-7-3/h5-7H2,1-4H3. The van der Waals surface area contributed by atoms with Gasteiger partial charge in [0, 0.05) is 0 Å². The lowest BCUT2D eigenvalue weighted by Gasteiger charge is -2.24. The van der Waals surface area contributed by atoms with Crippen molar-refractivity contribution in [2.75, 3.05) is 13.2 Å². The molecule has 5 nitrogen and oxygen atoms in total. The fourth-order valence-electron chi connectivity index (χ4n) is 1.42.